The Kier molecular flexibility index (Phi) is 6.52. The van der Waals surface area contributed by atoms with Gasteiger partial charge in [-0.1, -0.05) is 18.2 Å². The van der Waals surface area contributed by atoms with Crippen molar-refractivity contribution in [3.8, 4) is 0 Å². The minimum absolute atomic E-state index is 0.0497. The third-order valence-corrected chi connectivity index (χ3v) is 8.30. The molecule has 0 aromatic heterocycles. The van der Waals surface area contributed by atoms with Crippen LogP contribution in [0.5, 0.6) is 0 Å². The maximum atomic E-state index is 12.8. The predicted molar refractivity (Wildman–Crippen MR) is 122 cm³/mol. The summed E-state index contributed by atoms with van der Waals surface area (Å²) in [6.45, 7) is 2.61. The van der Waals surface area contributed by atoms with Crippen LogP contribution in [0.3, 0.4) is 0 Å². The minimum atomic E-state index is -3.63. The first-order valence-electron chi connectivity index (χ1n) is 10.3. The van der Waals surface area contributed by atoms with Gasteiger partial charge in [-0.15, -0.1) is 11.8 Å². The largest absolute Gasteiger partial charge is 0.368 e. The maximum absolute atomic E-state index is 12.8. The fourth-order valence-corrected chi connectivity index (χ4v) is 5.93. The summed E-state index contributed by atoms with van der Waals surface area (Å²) in [6.07, 6.45) is 0.347. The smallest absolute Gasteiger partial charge is 0.225 e. The van der Waals surface area contributed by atoms with Gasteiger partial charge in [0.2, 0.25) is 11.8 Å². The summed E-state index contributed by atoms with van der Waals surface area (Å²) in [4.78, 5) is 29.4. The molecule has 2 aromatic carbocycles. The van der Waals surface area contributed by atoms with E-state index in [0.717, 1.165) is 23.7 Å². The summed E-state index contributed by atoms with van der Waals surface area (Å²) in [5.74, 6) is 0.155. The summed E-state index contributed by atoms with van der Waals surface area (Å²) in [5, 5.41) is 2.77. The molecule has 0 radical (unpaired) electrons. The van der Waals surface area contributed by atoms with Gasteiger partial charge in [0.15, 0.2) is 9.84 Å². The fourth-order valence-electron chi connectivity index (χ4n) is 3.74. The number of amides is 2. The molecule has 2 aliphatic heterocycles. The van der Waals surface area contributed by atoms with Gasteiger partial charge < -0.3 is 15.1 Å². The van der Waals surface area contributed by atoms with Gasteiger partial charge >= 0.3 is 0 Å². The van der Waals surface area contributed by atoms with Crippen molar-refractivity contribution >= 4 is 44.8 Å². The number of rotatable bonds is 5. The predicted octanol–water partition coefficient (Wildman–Crippen LogP) is 2.63. The number of nitrogens with zero attached hydrogens (tertiary/aromatic N) is 2. The van der Waals surface area contributed by atoms with Crippen molar-refractivity contribution in [2.24, 2.45) is 0 Å². The number of para-hydroxylation sites is 1. The lowest BCUT2D eigenvalue weighted by Gasteiger charge is -2.36. The second-order valence-corrected chi connectivity index (χ2v) is 10.8. The number of anilines is 2. The molecule has 0 unspecified atom stereocenters. The average Bonchev–Trinajstić information content (AvgIpc) is 2.98. The van der Waals surface area contributed by atoms with Crippen LogP contribution in [0.15, 0.2) is 58.3 Å². The number of benzene rings is 2. The van der Waals surface area contributed by atoms with Crippen molar-refractivity contribution < 1.29 is 18.0 Å². The van der Waals surface area contributed by atoms with Crippen molar-refractivity contribution in [2.75, 3.05) is 47.9 Å². The van der Waals surface area contributed by atoms with E-state index < -0.39 is 9.84 Å². The molecule has 1 fully saturated rings. The van der Waals surface area contributed by atoms with Crippen LogP contribution in [-0.4, -0.2) is 62.8 Å². The number of fused-ring (bicyclic) bond motifs is 1. The molecular weight excluding hydrogens is 434 g/mol. The molecule has 0 spiro atoms. The SMILES string of the molecule is O=C1CCSc2ccc(S(=O)(=O)CCC(=O)N3CCN(c4ccccc4)CC3)cc2N1. The molecule has 0 saturated carbocycles. The monoisotopic (exact) mass is 459 g/mol. The van der Waals surface area contributed by atoms with Gasteiger partial charge in [0.05, 0.1) is 16.3 Å². The van der Waals surface area contributed by atoms with Gasteiger partial charge in [0.25, 0.3) is 0 Å². The number of hydrogen-bond acceptors (Lipinski definition) is 6. The first-order valence-corrected chi connectivity index (χ1v) is 12.9. The van der Waals surface area contributed by atoms with E-state index in [1.807, 2.05) is 30.3 Å². The van der Waals surface area contributed by atoms with E-state index >= 15 is 0 Å². The molecule has 4 rings (SSSR count). The Morgan fingerprint density at radius 2 is 1.77 bits per heavy atom. The topological polar surface area (TPSA) is 86.8 Å². The number of piperazine rings is 1. The number of hydrogen-bond donors (Lipinski definition) is 1. The zero-order valence-electron chi connectivity index (χ0n) is 17.1. The molecule has 2 amide bonds. The Morgan fingerprint density at radius 1 is 1.03 bits per heavy atom. The minimum Gasteiger partial charge on any atom is -0.368 e. The lowest BCUT2D eigenvalue weighted by Crippen LogP contribution is -2.49. The van der Waals surface area contributed by atoms with E-state index in [9.17, 15) is 18.0 Å². The van der Waals surface area contributed by atoms with Gasteiger partial charge in [-0.25, -0.2) is 8.42 Å². The summed E-state index contributed by atoms with van der Waals surface area (Å²) < 4.78 is 25.6. The highest BCUT2D eigenvalue weighted by Crippen LogP contribution is 2.33. The molecule has 2 aromatic rings. The molecule has 2 heterocycles. The van der Waals surface area contributed by atoms with Crippen LogP contribution in [0.2, 0.25) is 0 Å². The zero-order valence-corrected chi connectivity index (χ0v) is 18.8. The molecule has 9 heteroatoms. The van der Waals surface area contributed by atoms with Crippen molar-refractivity contribution in [1.29, 1.82) is 0 Å². The second-order valence-electron chi connectivity index (χ2n) is 7.58. The molecule has 1 saturated heterocycles. The van der Waals surface area contributed by atoms with Crippen LogP contribution in [0, 0.1) is 0 Å². The average molecular weight is 460 g/mol. The van der Waals surface area contributed by atoms with E-state index in [0.29, 0.717) is 31.0 Å². The summed E-state index contributed by atoms with van der Waals surface area (Å²) in [7, 11) is -3.63. The number of carbonyl (C=O) groups is 2. The summed E-state index contributed by atoms with van der Waals surface area (Å²) in [5.41, 5.74) is 1.66. The number of nitrogens with one attached hydrogen (secondary N) is 1. The number of thioether (sulfide) groups is 1. The molecule has 0 bridgehead atoms. The normalized spacial score (nSPS) is 17.0. The first kappa shape index (κ1) is 21.7. The van der Waals surface area contributed by atoms with Crippen LogP contribution in [0.1, 0.15) is 12.8 Å². The molecule has 1 N–H and O–H groups in total. The molecule has 7 nitrogen and oxygen atoms in total. The first-order chi connectivity index (χ1) is 14.9. The number of carbonyl (C=O) groups excluding carboxylic acids is 2. The highest BCUT2D eigenvalue weighted by atomic mass is 32.2. The molecule has 164 valence electrons. The van der Waals surface area contributed by atoms with Crippen LogP contribution in [0.25, 0.3) is 0 Å². The highest BCUT2D eigenvalue weighted by molar-refractivity contribution is 7.99. The van der Waals surface area contributed by atoms with E-state index in [-0.39, 0.29) is 28.9 Å². The van der Waals surface area contributed by atoms with Crippen LogP contribution >= 0.6 is 11.8 Å². The van der Waals surface area contributed by atoms with Gasteiger partial charge in [-0.3, -0.25) is 9.59 Å². The highest BCUT2D eigenvalue weighted by Gasteiger charge is 2.24. The summed E-state index contributed by atoms with van der Waals surface area (Å²) >= 11 is 1.53. The molecule has 0 aliphatic carbocycles. The zero-order chi connectivity index (χ0) is 21.8. The van der Waals surface area contributed by atoms with E-state index in [2.05, 4.69) is 10.2 Å². The maximum Gasteiger partial charge on any atom is 0.225 e. The van der Waals surface area contributed by atoms with Crippen LogP contribution in [-0.2, 0) is 19.4 Å². The Balaban J connectivity index is 1.34. The standard InChI is InChI=1S/C22H25N3O4S2/c26-21-8-14-30-20-7-6-18(16-19(20)23-21)31(28,29)15-9-22(27)25-12-10-24(11-13-25)17-4-2-1-3-5-17/h1-7,16H,8-15H2,(H,23,26). The third-order valence-electron chi connectivity index (χ3n) is 5.51. The van der Waals surface area contributed by atoms with Crippen LogP contribution in [0.4, 0.5) is 11.4 Å². The van der Waals surface area contributed by atoms with Gasteiger partial charge in [0, 0.05) is 55.4 Å². The summed E-state index contributed by atoms with van der Waals surface area (Å²) in [6, 6.07) is 14.8. The Morgan fingerprint density at radius 3 is 2.52 bits per heavy atom. The Hall–Kier alpha value is -2.52. The van der Waals surface area contributed by atoms with Crippen molar-refractivity contribution in [3.63, 3.8) is 0 Å². The Bertz CT molecular complexity index is 1070. The third kappa shape index (κ3) is 5.22. The van der Waals surface area contributed by atoms with E-state index in [1.165, 1.54) is 17.8 Å². The molecular formula is C22H25N3O4S2. The fraction of sp³-hybridized carbons (Fsp3) is 0.364. The van der Waals surface area contributed by atoms with Gasteiger partial charge in [-0.05, 0) is 30.3 Å². The molecule has 2 aliphatic rings. The van der Waals surface area contributed by atoms with Crippen LogP contribution < -0.4 is 10.2 Å². The van der Waals surface area contributed by atoms with Crippen molar-refractivity contribution in [2.45, 2.75) is 22.6 Å². The van der Waals surface area contributed by atoms with Gasteiger partial charge in [0.1, 0.15) is 0 Å². The van der Waals surface area contributed by atoms with E-state index in [4.69, 9.17) is 0 Å². The van der Waals surface area contributed by atoms with E-state index in [1.54, 1.807) is 17.0 Å². The lowest BCUT2D eigenvalue weighted by atomic mass is 10.2. The van der Waals surface area contributed by atoms with Crippen molar-refractivity contribution in [3.05, 3.63) is 48.5 Å². The lowest BCUT2D eigenvalue weighted by molar-refractivity contribution is -0.131. The molecule has 31 heavy (non-hydrogen) atoms. The Labute approximate surface area is 186 Å². The number of sulfone groups is 1. The van der Waals surface area contributed by atoms with Crippen molar-refractivity contribution in [1.82, 2.24) is 4.90 Å². The molecule has 0 atom stereocenters. The quantitative estimate of drug-likeness (QED) is 0.740. The second kappa shape index (κ2) is 9.32. The van der Waals surface area contributed by atoms with Gasteiger partial charge in [-0.2, -0.15) is 0 Å².